The van der Waals surface area contributed by atoms with Gasteiger partial charge in [-0.1, -0.05) is 42.8 Å². The van der Waals surface area contributed by atoms with Crippen molar-refractivity contribution in [3.8, 4) is 5.75 Å². The van der Waals surface area contributed by atoms with Gasteiger partial charge < -0.3 is 10.1 Å². The first kappa shape index (κ1) is 15.9. The molecule has 2 aromatic rings. The second-order valence-corrected chi connectivity index (χ2v) is 5.52. The number of nitrogens with one attached hydrogen (secondary N) is 1. The van der Waals surface area contributed by atoms with Crippen LogP contribution in [-0.2, 0) is 0 Å². The van der Waals surface area contributed by atoms with Crippen molar-refractivity contribution >= 4 is 11.6 Å². The molecular formula is C18H22ClNO. The average Bonchev–Trinajstić information content (AvgIpc) is 2.52. The summed E-state index contributed by atoms with van der Waals surface area (Å²) in [6, 6.07) is 14.4. The zero-order valence-electron chi connectivity index (χ0n) is 12.8. The van der Waals surface area contributed by atoms with Gasteiger partial charge in [0.25, 0.3) is 0 Å². The van der Waals surface area contributed by atoms with Crippen LogP contribution in [0.25, 0.3) is 0 Å². The second-order valence-electron chi connectivity index (χ2n) is 5.11. The van der Waals surface area contributed by atoms with Crippen LogP contribution in [0.4, 0.5) is 0 Å². The van der Waals surface area contributed by atoms with E-state index >= 15 is 0 Å². The minimum atomic E-state index is 0.148. The summed E-state index contributed by atoms with van der Waals surface area (Å²) < 4.78 is 5.24. The molecule has 0 aliphatic heterocycles. The van der Waals surface area contributed by atoms with Crippen molar-refractivity contribution in [2.45, 2.75) is 26.3 Å². The number of benzene rings is 2. The third kappa shape index (κ3) is 3.78. The summed E-state index contributed by atoms with van der Waals surface area (Å²) in [5.41, 5.74) is 3.57. The molecule has 2 rings (SSSR count). The molecule has 2 aromatic carbocycles. The van der Waals surface area contributed by atoms with Gasteiger partial charge in [0.05, 0.1) is 13.2 Å². The molecule has 0 saturated carbocycles. The number of rotatable bonds is 6. The predicted molar refractivity (Wildman–Crippen MR) is 89.3 cm³/mol. The van der Waals surface area contributed by atoms with Gasteiger partial charge in [0.2, 0.25) is 0 Å². The van der Waals surface area contributed by atoms with Gasteiger partial charge in [0.1, 0.15) is 5.75 Å². The largest absolute Gasteiger partial charge is 0.497 e. The monoisotopic (exact) mass is 303 g/mol. The molecule has 0 aromatic heterocycles. The number of ether oxygens (including phenoxy) is 1. The number of halogens is 1. The fraction of sp³-hybridized carbons (Fsp3) is 0.333. The maximum atomic E-state index is 6.28. The van der Waals surface area contributed by atoms with E-state index in [2.05, 4.69) is 37.4 Å². The average molecular weight is 304 g/mol. The Hall–Kier alpha value is -1.51. The number of hydrogen-bond acceptors (Lipinski definition) is 2. The van der Waals surface area contributed by atoms with E-state index in [9.17, 15) is 0 Å². The van der Waals surface area contributed by atoms with Crippen molar-refractivity contribution in [1.29, 1.82) is 0 Å². The predicted octanol–water partition coefficient (Wildman–Crippen LogP) is 4.75. The third-order valence-electron chi connectivity index (χ3n) is 3.67. The fourth-order valence-electron chi connectivity index (χ4n) is 2.43. The van der Waals surface area contributed by atoms with Crippen LogP contribution in [0.2, 0.25) is 5.02 Å². The van der Waals surface area contributed by atoms with E-state index in [1.807, 2.05) is 24.3 Å². The topological polar surface area (TPSA) is 21.3 Å². The van der Waals surface area contributed by atoms with Crippen molar-refractivity contribution in [3.05, 3.63) is 64.2 Å². The maximum absolute atomic E-state index is 6.28. The second kappa shape index (κ2) is 7.48. The quantitative estimate of drug-likeness (QED) is 0.832. The number of methoxy groups -OCH3 is 1. The van der Waals surface area contributed by atoms with Crippen LogP contribution in [0.3, 0.4) is 0 Å². The number of hydrogen-bond donors (Lipinski definition) is 1. The highest BCUT2D eigenvalue weighted by atomic mass is 35.5. The molecular weight excluding hydrogens is 282 g/mol. The Labute approximate surface area is 132 Å². The zero-order chi connectivity index (χ0) is 15.2. The van der Waals surface area contributed by atoms with Crippen molar-refractivity contribution in [3.63, 3.8) is 0 Å². The summed E-state index contributed by atoms with van der Waals surface area (Å²) in [6.45, 7) is 5.20. The first-order chi connectivity index (χ1) is 10.2. The smallest absolute Gasteiger partial charge is 0.118 e. The van der Waals surface area contributed by atoms with Gasteiger partial charge in [-0.2, -0.15) is 0 Å². The SMILES string of the molecule is CCCNC(c1ccc(OC)cc1)c1cccc(Cl)c1C. The molecule has 0 radical (unpaired) electrons. The molecule has 0 aliphatic rings. The molecule has 0 fully saturated rings. The summed E-state index contributed by atoms with van der Waals surface area (Å²) >= 11 is 6.28. The van der Waals surface area contributed by atoms with Crippen molar-refractivity contribution in [2.75, 3.05) is 13.7 Å². The Morgan fingerprint density at radius 3 is 2.48 bits per heavy atom. The lowest BCUT2D eigenvalue weighted by Crippen LogP contribution is -2.24. The molecule has 0 bridgehead atoms. The van der Waals surface area contributed by atoms with Crippen molar-refractivity contribution in [1.82, 2.24) is 5.32 Å². The molecule has 0 spiro atoms. The Morgan fingerprint density at radius 2 is 1.86 bits per heavy atom. The summed E-state index contributed by atoms with van der Waals surface area (Å²) in [5, 5.41) is 4.42. The first-order valence-corrected chi connectivity index (χ1v) is 7.67. The van der Waals surface area contributed by atoms with Crippen molar-refractivity contribution in [2.24, 2.45) is 0 Å². The Balaban J connectivity index is 2.39. The van der Waals surface area contributed by atoms with Gasteiger partial charge in [-0.15, -0.1) is 0 Å². The van der Waals surface area contributed by atoms with Crippen LogP contribution in [-0.4, -0.2) is 13.7 Å². The normalized spacial score (nSPS) is 12.2. The lowest BCUT2D eigenvalue weighted by molar-refractivity contribution is 0.414. The molecule has 112 valence electrons. The minimum absolute atomic E-state index is 0.148. The van der Waals surface area contributed by atoms with Gasteiger partial charge in [0, 0.05) is 5.02 Å². The van der Waals surface area contributed by atoms with Crippen LogP contribution >= 0.6 is 11.6 Å². The van der Waals surface area contributed by atoms with Crippen LogP contribution in [0, 0.1) is 6.92 Å². The highest BCUT2D eigenvalue weighted by molar-refractivity contribution is 6.31. The lowest BCUT2D eigenvalue weighted by Gasteiger charge is -2.22. The van der Waals surface area contributed by atoms with E-state index in [4.69, 9.17) is 16.3 Å². The Morgan fingerprint density at radius 1 is 1.14 bits per heavy atom. The van der Waals surface area contributed by atoms with Crippen LogP contribution < -0.4 is 10.1 Å². The maximum Gasteiger partial charge on any atom is 0.118 e. The van der Waals surface area contributed by atoms with Gasteiger partial charge in [-0.3, -0.25) is 0 Å². The van der Waals surface area contributed by atoms with Gasteiger partial charge in [0.15, 0.2) is 0 Å². The molecule has 0 heterocycles. The van der Waals surface area contributed by atoms with E-state index < -0.39 is 0 Å². The van der Waals surface area contributed by atoms with E-state index in [-0.39, 0.29) is 6.04 Å². The summed E-state index contributed by atoms with van der Waals surface area (Å²) in [7, 11) is 1.68. The Kier molecular flexibility index (Phi) is 5.66. The molecule has 0 amide bonds. The minimum Gasteiger partial charge on any atom is -0.497 e. The summed E-state index contributed by atoms with van der Waals surface area (Å²) in [5.74, 6) is 0.871. The standard InChI is InChI=1S/C18H22ClNO/c1-4-12-20-18(14-8-10-15(21-3)11-9-14)16-6-5-7-17(19)13(16)2/h5-11,18,20H,4,12H2,1-3H3. The molecule has 3 heteroatoms. The molecule has 2 nitrogen and oxygen atoms in total. The van der Waals surface area contributed by atoms with Crippen LogP contribution in [0.15, 0.2) is 42.5 Å². The zero-order valence-corrected chi connectivity index (χ0v) is 13.6. The molecule has 21 heavy (non-hydrogen) atoms. The van der Waals surface area contributed by atoms with E-state index in [1.54, 1.807) is 7.11 Å². The van der Waals surface area contributed by atoms with E-state index in [1.165, 1.54) is 11.1 Å². The summed E-state index contributed by atoms with van der Waals surface area (Å²) in [6.07, 6.45) is 1.09. The van der Waals surface area contributed by atoms with Crippen LogP contribution in [0.1, 0.15) is 36.1 Å². The van der Waals surface area contributed by atoms with Gasteiger partial charge >= 0.3 is 0 Å². The highest BCUT2D eigenvalue weighted by Gasteiger charge is 2.16. The summed E-state index contributed by atoms with van der Waals surface area (Å²) in [4.78, 5) is 0. The van der Waals surface area contributed by atoms with E-state index in [0.717, 1.165) is 29.3 Å². The third-order valence-corrected chi connectivity index (χ3v) is 4.08. The molecule has 1 atom stereocenters. The molecule has 0 saturated heterocycles. The van der Waals surface area contributed by atoms with E-state index in [0.29, 0.717) is 0 Å². The Bertz CT molecular complexity index is 580. The lowest BCUT2D eigenvalue weighted by atomic mass is 9.94. The van der Waals surface area contributed by atoms with Crippen LogP contribution in [0.5, 0.6) is 5.75 Å². The van der Waals surface area contributed by atoms with Gasteiger partial charge in [-0.25, -0.2) is 0 Å². The first-order valence-electron chi connectivity index (χ1n) is 7.29. The molecule has 0 aliphatic carbocycles. The highest BCUT2D eigenvalue weighted by Crippen LogP contribution is 2.29. The molecule has 1 unspecified atom stereocenters. The fourth-order valence-corrected chi connectivity index (χ4v) is 2.61. The van der Waals surface area contributed by atoms with Crippen molar-refractivity contribution < 1.29 is 4.74 Å². The van der Waals surface area contributed by atoms with Gasteiger partial charge in [-0.05, 0) is 54.8 Å². The molecule has 1 N–H and O–H groups in total.